The molecule has 0 aromatic heterocycles. The average molecular weight is 1470 g/mol. The summed E-state index contributed by atoms with van der Waals surface area (Å²) in [5.41, 5.74) is -18.3. The molecule has 8 aromatic rings. The van der Waals surface area contributed by atoms with Crippen molar-refractivity contribution in [1.82, 2.24) is 0 Å². The Bertz CT molecular complexity index is 4010. The van der Waals surface area contributed by atoms with Gasteiger partial charge in [-0.1, -0.05) is 62.4 Å². The Kier molecular flexibility index (Phi) is 22.1. The van der Waals surface area contributed by atoms with Crippen molar-refractivity contribution in [2.24, 2.45) is 0 Å². The summed E-state index contributed by atoms with van der Waals surface area (Å²) < 4.78 is 343. The molecule has 8 rings (SSSR count). The Hall–Kier alpha value is -10.9. The number of nitriles is 2. The van der Waals surface area contributed by atoms with Crippen molar-refractivity contribution < 1.29 is 124 Å². The first kappa shape index (κ1) is 77.8. The molecule has 0 atom stereocenters. The summed E-state index contributed by atoms with van der Waals surface area (Å²) in [6.07, 6.45) is -40.7. The Morgan fingerprint density at radius 2 is 0.524 bits per heavy atom. The molecule has 0 amide bonds. The zero-order chi connectivity index (χ0) is 76.4. The molecule has 0 saturated heterocycles. The maximum atomic E-state index is 13.8. The van der Waals surface area contributed by atoms with Gasteiger partial charge in [-0.3, -0.25) is 0 Å². The zero-order valence-corrected chi connectivity index (χ0v) is 52.1. The van der Waals surface area contributed by atoms with E-state index in [1.54, 1.807) is 26.0 Å². The predicted octanol–water partition coefficient (Wildman–Crippen LogP) is 21.6. The van der Waals surface area contributed by atoms with E-state index in [0.717, 1.165) is 70.5 Å². The monoisotopic (exact) mass is 1470 g/mol. The molecule has 0 fully saturated rings. The van der Waals surface area contributed by atoms with E-state index < -0.39 is 171 Å². The van der Waals surface area contributed by atoms with Crippen LogP contribution in [0, 0.1) is 22.7 Å². The average Bonchev–Trinajstić information content (AvgIpc) is 0.805. The number of benzene rings is 8. The molecule has 540 valence electrons. The van der Waals surface area contributed by atoms with Crippen molar-refractivity contribution in [2.75, 3.05) is 9.80 Å². The van der Waals surface area contributed by atoms with Gasteiger partial charge in [0.2, 0.25) is 0 Å². The summed E-state index contributed by atoms with van der Waals surface area (Å²) in [7, 11) is 0. The van der Waals surface area contributed by atoms with Crippen LogP contribution in [0.4, 0.5) is 117 Å². The fourth-order valence-corrected chi connectivity index (χ4v) is 10.3. The van der Waals surface area contributed by atoms with Crippen molar-refractivity contribution in [2.45, 2.75) is 94.9 Å². The molecule has 0 aliphatic carbocycles. The van der Waals surface area contributed by atoms with Gasteiger partial charge in [-0.25, -0.2) is 9.59 Å². The number of anilines is 2. The molecular formula is C71H44F24N4O4. The van der Waals surface area contributed by atoms with Gasteiger partial charge in [0.1, 0.15) is 34.8 Å². The van der Waals surface area contributed by atoms with E-state index in [4.69, 9.17) is 9.47 Å². The number of halogens is 24. The second-order valence-electron chi connectivity index (χ2n) is 23.3. The predicted molar refractivity (Wildman–Crippen MR) is 322 cm³/mol. The van der Waals surface area contributed by atoms with Gasteiger partial charge in [-0.2, -0.15) is 116 Å². The third kappa shape index (κ3) is 20.2. The van der Waals surface area contributed by atoms with Crippen molar-refractivity contribution >= 4 is 35.5 Å². The van der Waals surface area contributed by atoms with Gasteiger partial charge in [-0.05, 0) is 178 Å². The minimum Gasteiger partial charge on any atom is -0.422 e. The summed E-state index contributed by atoms with van der Waals surface area (Å²) in [6, 6.07) is 25.7. The SMILES string of the molecule is CC(C)(c1ccc(OC(=O)/C(C#N)=C/c2ccc(N(Cc3cc(C(F)(F)F)cc(C(F)(F)F)c3)Cc3cc(C(F)(F)F)cc(C(F)(F)F)c3)cc2)cc1)c1ccc(OC(=O)/C(C#N)=C/c2ccc(N(Cc3cc(C(F)(F)F)cc(C(F)(F)F)c3)Cc3cc(C(F)(F)F)cc(C(F)(F)F)c3)cc2)cc1. The van der Waals surface area contributed by atoms with Gasteiger partial charge < -0.3 is 19.3 Å². The summed E-state index contributed by atoms with van der Waals surface area (Å²) in [5.74, 6) is -2.67. The van der Waals surface area contributed by atoms with E-state index in [-0.39, 0.29) is 58.3 Å². The van der Waals surface area contributed by atoms with Gasteiger partial charge in [0.05, 0.1) is 44.5 Å². The lowest BCUT2D eigenvalue weighted by atomic mass is 9.78. The number of rotatable bonds is 18. The van der Waals surface area contributed by atoms with Gasteiger partial charge in [0.25, 0.3) is 0 Å². The van der Waals surface area contributed by atoms with Crippen molar-refractivity contribution in [3.8, 4) is 23.6 Å². The summed E-state index contributed by atoms with van der Waals surface area (Å²) >= 11 is 0. The van der Waals surface area contributed by atoms with E-state index in [2.05, 4.69) is 0 Å². The molecule has 0 unspecified atom stereocenters. The van der Waals surface area contributed by atoms with Crippen LogP contribution in [0.1, 0.15) is 103 Å². The quantitative estimate of drug-likeness (QED) is 0.0275. The molecule has 0 aliphatic rings. The molecule has 8 nitrogen and oxygen atoms in total. The minimum absolute atomic E-state index is 0.0171. The Morgan fingerprint density at radius 1 is 0.320 bits per heavy atom. The first-order valence-corrected chi connectivity index (χ1v) is 29.2. The van der Waals surface area contributed by atoms with Crippen LogP contribution in [0.3, 0.4) is 0 Å². The maximum absolute atomic E-state index is 13.8. The first-order chi connectivity index (χ1) is 47.5. The number of ether oxygens (including phenoxy) is 2. The fraction of sp³-hybridized carbons (Fsp3) is 0.211. The smallest absolute Gasteiger partial charge is 0.416 e. The molecule has 0 aliphatic heterocycles. The van der Waals surface area contributed by atoms with Crippen LogP contribution in [-0.2, 0) is 90.6 Å². The lowest BCUT2D eigenvalue weighted by Crippen LogP contribution is -2.24. The Morgan fingerprint density at radius 3 is 0.709 bits per heavy atom. The highest BCUT2D eigenvalue weighted by molar-refractivity contribution is 6.00. The number of alkyl halides is 24. The Balaban J connectivity index is 0.963. The third-order valence-electron chi connectivity index (χ3n) is 15.5. The number of hydrogen-bond donors (Lipinski definition) is 0. The largest absolute Gasteiger partial charge is 0.422 e. The number of carbonyl (C=O) groups excluding carboxylic acids is 2. The van der Waals surface area contributed by atoms with Crippen molar-refractivity contribution in [3.63, 3.8) is 0 Å². The molecule has 0 saturated carbocycles. The van der Waals surface area contributed by atoms with E-state index in [1.807, 2.05) is 0 Å². The highest BCUT2D eigenvalue weighted by Crippen LogP contribution is 2.43. The highest BCUT2D eigenvalue weighted by atomic mass is 19.4. The normalized spacial score (nSPS) is 13.1. The topological polar surface area (TPSA) is 107 Å². The van der Waals surface area contributed by atoms with Gasteiger partial charge in [0, 0.05) is 43.0 Å². The standard InChI is InChI=1S/C71H44F24N4O4/c1-63(2,47-7-15-59(16-8-47)102-61(100)45(33-96)19-39-3-11-57(12-4-39)98(35-41-21-49(64(72,73)74)29-50(22-41)65(75,76)77)36-42-23-51(66(78,79)80)30-52(24-42)67(81,82)83)48-9-17-60(18-10-48)103-62(101)46(34-97)20-40-5-13-58(14-6-40)99(37-43-25-53(68(84,85)86)31-54(26-43)69(87,88)89)38-44-27-55(70(90,91)92)32-56(28-44)71(93,94)95/h3-32H,35-38H2,1-2H3/b45-19+,46-20+. The summed E-state index contributed by atoms with van der Waals surface area (Å²) in [4.78, 5) is 28.5. The lowest BCUT2D eigenvalue weighted by Gasteiger charge is -2.27. The van der Waals surface area contributed by atoms with Crippen molar-refractivity contribution in [1.29, 1.82) is 10.5 Å². The van der Waals surface area contributed by atoms with E-state index >= 15 is 0 Å². The van der Waals surface area contributed by atoms with Crippen LogP contribution in [0.2, 0.25) is 0 Å². The van der Waals surface area contributed by atoms with Gasteiger partial charge in [-0.15, -0.1) is 0 Å². The molecule has 32 heteroatoms. The van der Waals surface area contributed by atoms with Crippen LogP contribution >= 0.6 is 0 Å². The van der Waals surface area contributed by atoms with Gasteiger partial charge >= 0.3 is 61.3 Å². The second-order valence-corrected chi connectivity index (χ2v) is 23.3. The van der Waals surface area contributed by atoms with Crippen LogP contribution in [-0.4, -0.2) is 11.9 Å². The number of nitrogens with zero attached hydrogens (tertiary/aromatic N) is 4. The third-order valence-corrected chi connectivity index (χ3v) is 15.5. The maximum Gasteiger partial charge on any atom is 0.416 e. The molecule has 0 radical (unpaired) electrons. The first-order valence-electron chi connectivity index (χ1n) is 29.2. The van der Waals surface area contributed by atoms with Crippen LogP contribution < -0.4 is 19.3 Å². The second kappa shape index (κ2) is 29.2. The van der Waals surface area contributed by atoms with E-state index in [0.29, 0.717) is 59.7 Å². The summed E-state index contributed by atoms with van der Waals surface area (Å²) in [5, 5.41) is 19.9. The molecule has 8 aromatic carbocycles. The number of hydrogen-bond acceptors (Lipinski definition) is 8. The van der Waals surface area contributed by atoms with Crippen LogP contribution in [0.15, 0.2) is 181 Å². The molecular weight excluding hydrogens is 1430 g/mol. The fourth-order valence-electron chi connectivity index (χ4n) is 10.3. The molecule has 0 bridgehead atoms. The molecule has 0 N–H and O–H groups in total. The Labute approximate surface area is 567 Å². The molecule has 0 heterocycles. The number of carbonyl (C=O) groups is 2. The van der Waals surface area contributed by atoms with E-state index in [1.165, 1.54) is 48.5 Å². The minimum atomic E-state index is -5.34. The highest BCUT2D eigenvalue weighted by Gasteiger charge is 2.42. The molecule has 103 heavy (non-hydrogen) atoms. The van der Waals surface area contributed by atoms with Gasteiger partial charge in [0.15, 0.2) is 0 Å². The van der Waals surface area contributed by atoms with Crippen LogP contribution in [0.5, 0.6) is 11.5 Å². The van der Waals surface area contributed by atoms with E-state index in [9.17, 15) is 125 Å². The lowest BCUT2D eigenvalue weighted by molar-refractivity contribution is -0.144. The zero-order valence-electron chi connectivity index (χ0n) is 52.1. The summed E-state index contributed by atoms with van der Waals surface area (Å²) in [6.45, 7) is -0.298. The molecule has 0 spiro atoms. The number of esters is 2. The van der Waals surface area contributed by atoms with Crippen molar-refractivity contribution in [3.05, 3.63) is 270 Å². The van der Waals surface area contributed by atoms with Crippen LogP contribution in [0.25, 0.3) is 12.2 Å².